The monoisotopic (exact) mass is 338 g/mol. The molecular formula is C8H3Cl2F3O5S. The molecular weight excluding hydrogens is 336 g/mol. The van der Waals surface area contributed by atoms with E-state index in [0.717, 1.165) is 6.07 Å². The van der Waals surface area contributed by atoms with Crippen LogP contribution in [0, 0.1) is 0 Å². The van der Waals surface area contributed by atoms with Crippen molar-refractivity contribution in [1.29, 1.82) is 0 Å². The molecule has 0 fully saturated rings. The van der Waals surface area contributed by atoms with Crippen molar-refractivity contribution in [2.24, 2.45) is 0 Å². The van der Waals surface area contributed by atoms with E-state index in [1.807, 2.05) is 0 Å². The molecule has 0 saturated carbocycles. The van der Waals surface area contributed by atoms with Crippen LogP contribution in [0.3, 0.4) is 0 Å². The Kier molecular flexibility index (Phi) is 4.23. The maximum absolute atomic E-state index is 12.1. The van der Waals surface area contributed by atoms with Gasteiger partial charge in [0.25, 0.3) is 0 Å². The normalized spacial score (nSPS) is 12.3. The molecule has 0 atom stereocenters. The van der Waals surface area contributed by atoms with Crippen LogP contribution < -0.4 is 4.18 Å². The molecule has 106 valence electrons. The van der Waals surface area contributed by atoms with Crippen molar-refractivity contribution >= 4 is 39.3 Å². The van der Waals surface area contributed by atoms with Crippen molar-refractivity contribution in [2.45, 2.75) is 5.51 Å². The van der Waals surface area contributed by atoms with E-state index in [1.54, 1.807) is 0 Å². The lowest BCUT2D eigenvalue weighted by Gasteiger charge is -2.12. The van der Waals surface area contributed by atoms with E-state index in [1.165, 1.54) is 0 Å². The predicted molar refractivity (Wildman–Crippen MR) is 59.0 cm³/mol. The van der Waals surface area contributed by atoms with Crippen LogP contribution >= 0.6 is 23.2 Å². The smallest absolute Gasteiger partial charge is 0.477 e. The van der Waals surface area contributed by atoms with Crippen LogP contribution in [-0.4, -0.2) is 25.0 Å². The van der Waals surface area contributed by atoms with Crippen LogP contribution in [0.1, 0.15) is 10.4 Å². The Morgan fingerprint density at radius 3 is 2.21 bits per heavy atom. The topological polar surface area (TPSA) is 80.7 Å². The molecule has 0 bridgehead atoms. The molecule has 0 radical (unpaired) electrons. The summed E-state index contributed by atoms with van der Waals surface area (Å²) in [5, 5.41) is 7.85. The lowest BCUT2D eigenvalue weighted by molar-refractivity contribution is -0.0500. The number of carboxylic acid groups (broad SMARTS) is 1. The van der Waals surface area contributed by atoms with Crippen LogP contribution in [0.5, 0.6) is 5.75 Å². The van der Waals surface area contributed by atoms with Gasteiger partial charge in [0.15, 0.2) is 5.75 Å². The van der Waals surface area contributed by atoms with Gasteiger partial charge in [-0.1, -0.05) is 23.2 Å². The zero-order chi connectivity index (χ0) is 15.0. The Labute approximate surface area is 114 Å². The SMILES string of the molecule is O=C(O)c1c(OS(=O)(=O)C(F)(F)F)ccc(Cl)c1Cl. The highest BCUT2D eigenvalue weighted by atomic mass is 35.5. The summed E-state index contributed by atoms with van der Waals surface area (Å²) < 4.78 is 61.6. The lowest BCUT2D eigenvalue weighted by Crippen LogP contribution is -2.28. The molecule has 19 heavy (non-hydrogen) atoms. The standard InChI is InChI=1S/C8H3Cl2F3O5S/c9-3-1-2-4(5(6(3)10)7(14)15)18-19(16,17)8(11,12)13/h1-2H,(H,14,15). The van der Waals surface area contributed by atoms with Gasteiger partial charge in [-0.25, -0.2) is 4.79 Å². The number of hydrogen-bond acceptors (Lipinski definition) is 4. The molecule has 5 nitrogen and oxygen atoms in total. The first kappa shape index (κ1) is 15.9. The van der Waals surface area contributed by atoms with E-state index in [9.17, 15) is 26.4 Å². The summed E-state index contributed by atoms with van der Waals surface area (Å²) in [6, 6.07) is 1.55. The molecule has 1 aromatic carbocycles. The minimum atomic E-state index is -6.00. The molecule has 0 unspecified atom stereocenters. The lowest BCUT2D eigenvalue weighted by atomic mass is 10.2. The van der Waals surface area contributed by atoms with E-state index < -0.39 is 37.9 Å². The zero-order valence-electron chi connectivity index (χ0n) is 8.53. The van der Waals surface area contributed by atoms with Crippen molar-refractivity contribution in [3.8, 4) is 5.75 Å². The van der Waals surface area contributed by atoms with Crippen LogP contribution in [-0.2, 0) is 10.1 Å². The second-order valence-electron chi connectivity index (χ2n) is 3.02. The average Bonchev–Trinajstić information content (AvgIpc) is 2.21. The first-order chi connectivity index (χ1) is 8.47. The van der Waals surface area contributed by atoms with E-state index in [0.29, 0.717) is 6.07 Å². The van der Waals surface area contributed by atoms with Crippen molar-refractivity contribution in [3.05, 3.63) is 27.7 Å². The molecule has 1 N–H and O–H groups in total. The minimum Gasteiger partial charge on any atom is -0.477 e. The largest absolute Gasteiger partial charge is 0.534 e. The Balaban J connectivity index is 3.39. The fraction of sp³-hybridized carbons (Fsp3) is 0.125. The van der Waals surface area contributed by atoms with Gasteiger partial charge in [0, 0.05) is 0 Å². The number of alkyl halides is 3. The van der Waals surface area contributed by atoms with E-state index in [2.05, 4.69) is 4.18 Å². The van der Waals surface area contributed by atoms with Crippen LogP contribution in [0.2, 0.25) is 10.0 Å². The number of carbonyl (C=O) groups is 1. The molecule has 0 aliphatic carbocycles. The van der Waals surface area contributed by atoms with Gasteiger partial charge in [-0.05, 0) is 12.1 Å². The van der Waals surface area contributed by atoms with Crippen molar-refractivity contribution < 1.29 is 35.7 Å². The molecule has 11 heteroatoms. The predicted octanol–water partition coefficient (Wildman–Crippen LogP) is 2.92. The van der Waals surface area contributed by atoms with Gasteiger partial charge >= 0.3 is 21.6 Å². The molecule has 0 saturated heterocycles. The fourth-order valence-corrected chi connectivity index (χ4v) is 1.83. The van der Waals surface area contributed by atoms with Gasteiger partial charge in [-0.2, -0.15) is 21.6 Å². The minimum absolute atomic E-state index is 0.282. The van der Waals surface area contributed by atoms with E-state index >= 15 is 0 Å². The molecule has 0 heterocycles. The number of carboxylic acids is 1. The highest BCUT2D eigenvalue weighted by Gasteiger charge is 2.49. The zero-order valence-corrected chi connectivity index (χ0v) is 10.9. The number of halogens is 5. The second-order valence-corrected chi connectivity index (χ2v) is 5.35. The number of aromatic carboxylic acids is 1. The van der Waals surface area contributed by atoms with Gasteiger partial charge in [-0.3, -0.25) is 0 Å². The van der Waals surface area contributed by atoms with Crippen LogP contribution in [0.15, 0.2) is 12.1 Å². The van der Waals surface area contributed by atoms with E-state index in [4.69, 9.17) is 28.3 Å². The Morgan fingerprint density at radius 1 is 1.26 bits per heavy atom. The summed E-state index contributed by atoms with van der Waals surface area (Å²) in [4.78, 5) is 10.8. The summed E-state index contributed by atoms with van der Waals surface area (Å²) in [6.45, 7) is 0. The molecule has 0 amide bonds. The van der Waals surface area contributed by atoms with Gasteiger partial charge < -0.3 is 9.29 Å². The highest BCUT2D eigenvalue weighted by Crippen LogP contribution is 2.35. The van der Waals surface area contributed by atoms with E-state index in [-0.39, 0.29) is 5.02 Å². The first-order valence-corrected chi connectivity index (χ1v) is 6.36. The average molecular weight is 339 g/mol. The third-order valence-corrected chi connectivity index (χ3v) is 3.52. The quantitative estimate of drug-likeness (QED) is 0.677. The van der Waals surface area contributed by atoms with Crippen molar-refractivity contribution in [3.63, 3.8) is 0 Å². The molecule has 0 aromatic heterocycles. The maximum atomic E-state index is 12.1. The summed E-state index contributed by atoms with van der Waals surface area (Å²) in [7, 11) is -6.00. The second kappa shape index (κ2) is 5.06. The highest BCUT2D eigenvalue weighted by molar-refractivity contribution is 7.88. The van der Waals surface area contributed by atoms with Gasteiger partial charge in [0.05, 0.1) is 10.0 Å². The summed E-state index contributed by atoms with van der Waals surface area (Å²) >= 11 is 10.9. The summed E-state index contributed by atoms with van der Waals surface area (Å²) in [5.41, 5.74) is -6.68. The van der Waals surface area contributed by atoms with Gasteiger partial charge in [0.1, 0.15) is 5.56 Å². The molecule has 0 aliphatic heterocycles. The Morgan fingerprint density at radius 2 is 1.79 bits per heavy atom. The Hall–Kier alpha value is -1.19. The third kappa shape index (κ3) is 3.23. The van der Waals surface area contributed by atoms with Crippen LogP contribution in [0.4, 0.5) is 13.2 Å². The van der Waals surface area contributed by atoms with Crippen LogP contribution in [0.25, 0.3) is 0 Å². The molecule has 1 rings (SSSR count). The number of rotatable bonds is 3. The molecule has 0 spiro atoms. The third-order valence-electron chi connectivity index (χ3n) is 1.75. The summed E-state index contributed by atoms with van der Waals surface area (Å²) in [6.07, 6.45) is 0. The van der Waals surface area contributed by atoms with Gasteiger partial charge in [0.2, 0.25) is 0 Å². The fourth-order valence-electron chi connectivity index (χ4n) is 0.967. The first-order valence-electron chi connectivity index (χ1n) is 4.19. The van der Waals surface area contributed by atoms with Crippen molar-refractivity contribution in [2.75, 3.05) is 0 Å². The van der Waals surface area contributed by atoms with Gasteiger partial charge in [-0.15, -0.1) is 0 Å². The summed E-state index contributed by atoms with van der Waals surface area (Å²) in [5.74, 6) is -2.88. The Bertz CT molecular complexity index is 626. The molecule has 0 aliphatic rings. The van der Waals surface area contributed by atoms with Crippen molar-refractivity contribution in [1.82, 2.24) is 0 Å². The number of hydrogen-bond donors (Lipinski definition) is 1. The number of benzene rings is 1. The molecule has 1 aromatic rings. The maximum Gasteiger partial charge on any atom is 0.534 e.